The van der Waals surface area contributed by atoms with Crippen molar-refractivity contribution in [3.05, 3.63) is 34.4 Å². The van der Waals surface area contributed by atoms with Gasteiger partial charge in [0.15, 0.2) is 11.6 Å². The SMILES string of the molecule is C[C@@H](N)[C@@H]1CN(C(=O)c2cc(F)c(F)cc2Cl)CCO1. The van der Waals surface area contributed by atoms with Gasteiger partial charge in [-0.1, -0.05) is 11.6 Å². The number of rotatable bonds is 2. The highest BCUT2D eigenvalue weighted by atomic mass is 35.5. The third kappa shape index (κ3) is 3.08. The number of benzene rings is 1. The quantitative estimate of drug-likeness (QED) is 0.848. The largest absolute Gasteiger partial charge is 0.373 e. The fourth-order valence-electron chi connectivity index (χ4n) is 2.03. The van der Waals surface area contributed by atoms with Crippen LogP contribution in [0.15, 0.2) is 12.1 Å². The zero-order valence-electron chi connectivity index (χ0n) is 10.9. The molecule has 1 fully saturated rings. The summed E-state index contributed by atoms with van der Waals surface area (Å²) in [5.41, 5.74) is 5.68. The van der Waals surface area contributed by atoms with Crippen LogP contribution < -0.4 is 5.73 Å². The lowest BCUT2D eigenvalue weighted by Crippen LogP contribution is -2.51. The molecule has 2 N–H and O–H groups in total. The van der Waals surface area contributed by atoms with Gasteiger partial charge >= 0.3 is 0 Å². The number of halogens is 3. The molecule has 0 aromatic heterocycles. The van der Waals surface area contributed by atoms with Crippen molar-refractivity contribution in [1.82, 2.24) is 4.90 Å². The lowest BCUT2D eigenvalue weighted by Gasteiger charge is -2.34. The predicted molar refractivity (Wildman–Crippen MR) is 70.7 cm³/mol. The highest BCUT2D eigenvalue weighted by Crippen LogP contribution is 2.22. The van der Waals surface area contributed by atoms with Gasteiger partial charge in [0.25, 0.3) is 5.91 Å². The Morgan fingerprint density at radius 3 is 2.80 bits per heavy atom. The van der Waals surface area contributed by atoms with Crippen LogP contribution in [-0.2, 0) is 4.74 Å². The van der Waals surface area contributed by atoms with Gasteiger partial charge in [-0.05, 0) is 19.1 Å². The van der Waals surface area contributed by atoms with Crippen LogP contribution in [-0.4, -0.2) is 42.6 Å². The van der Waals surface area contributed by atoms with Gasteiger partial charge in [0, 0.05) is 19.1 Å². The van der Waals surface area contributed by atoms with Crippen LogP contribution in [0.4, 0.5) is 8.78 Å². The summed E-state index contributed by atoms with van der Waals surface area (Å²) in [6, 6.07) is 1.38. The first-order valence-electron chi connectivity index (χ1n) is 6.21. The van der Waals surface area contributed by atoms with Crippen LogP contribution >= 0.6 is 11.6 Å². The van der Waals surface area contributed by atoms with Crippen LogP contribution in [0.1, 0.15) is 17.3 Å². The van der Waals surface area contributed by atoms with Crippen molar-refractivity contribution >= 4 is 17.5 Å². The van der Waals surface area contributed by atoms with E-state index in [4.69, 9.17) is 22.1 Å². The molecule has 0 aliphatic carbocycles. The summed E-state index contributed by atoms with van der Waals surface area (Å²) in [5.74, 6) is -2.64. The molecule has 110 valence electrons. The van der Waals surface area contributed by atoms with Gasteiger partial charge in [-0.2, -0.15) is 0 Å². The van der Waals surface area contributed by atoms with Crippen LogP contribution in [0, 0.1) is 11.6 Å². The van der Waals surface area contributed by atoms with Gasteiger partial charge in [-0.25, -0.2) is 8.78 Å². The number of nitrogens with zero attached hydrogens (tertiary/aromatic N) is 1. The summed E-state index contributed by atoms with van der Waals surface area (Å²) in [7, 11) is 0. The van der Waals surface area contributed by atoms with E-state index in [0.29, 0.717) is 19.7 Å². The lowest BCUT2D eigenvalue weighted by atomic mass is 10.1. The maximum atomic E-state index is 13.2. The van der Waals surface area contributed by atoms with Crippen molar-refractivity contribution in [3.63, 3.8) is 0 Å². The molecule has 1 aromatic rings. The molecule has 0 bridgehead atoms. The molecular weight excluding hydrogens is 290 g/mol. The molecule has 1 heterocycles. The van der Waals surface area contributed by atoms with E-state index in [1.807, 2.05) is 0 Å². The molecule has 0 spiro atoms. The molecule has 0 unspecified atom stereocenters. The van der Waals surface area contributed by atoms with Gasteiger partial charge < -0.3 is 15.4 Å². The molecule has 20 heavy (non-hydrogen) atoms. The highest BCUT2D eigenvalue weighted by Gasteiger charge is 2.28. The number of nitrogens with two attached hydrogens (primary N) is 1. The maximum absolute atomic E-state index is 13.2. The van der Waals surface area contributed by atoms with E-state index in [1.165, 1.54) is 4.90 Å². The Hall–Kier alpha value is -1.24. The first kappa shape index (κ1) is 15.2. The second kappa shape index (κ2) is 6.03. The summed E-state index contributed by atoms with van der Waals surface area (Å²) in [6.07, 6.45) is -0.281. The minimum absolute atomic E-state index is 0.0594. The molecule has 4 nitrogen and oxygen atoms in total. The Bertz CT molecular complexity index is 525. The van der Waals surface area contributed by atoms with Crippen LogP contribution in [0.5, 0.6) is 0 Å². The first-order chi connectivity index (χ1) is 9.40. The zero-order valence-corrected chi connectivity index (χ0v) is 11.7. The molecule has 0 saturated carbocycles. The van der Waals surface area contributed by atoms with Crippen LogP contribution in [0.3, 0.4) is 0 Å². The fraction of sp³-hybridized carbons (Fsp3) is 0.462. The lowest BCUT2D eigenvalue weighted by molar-refractivity contribution is -0.0300. The number of carbonyl (C=O) groups is 1. The summed E-state index contributed by atoms with van der Waals surface area (Å²) >= 11 is 5.80. The number of hydrogen-bond acceptors (Lipinski definition) is 3. The number of amides is 1. The molecule has 7 heteroatoms. The van der Waals surface area contributed by atoms with Crippen molar-refractivity contribution in [3.8, 4) is 0 Å². The standard InChI is InChI=1S/C13H15ClF2N2O2/c1-7(17)12-6-18(2-3-20-12)13(19)8-4-10(15)11(16)5-9(8)14/h4-5,7,12H,2-3,6,17H2,1H3/t7-,12+/m1/s1. The molecule has 2 rings (SSSR count). The summed E-state index contributed by atoms with van der Waals surface area (Å²) < 4.78 is 31.7. The number of hydrogen-bond donors (Lipinski definition) is 1. The Morgan fingerprint density at radius 2 is 2.15 bits per heavy atom. The summed E-state index contributed by atoms with van der Waals surface area (Å²) in [5, 5.41) is -0.113. The van der Waals surface area contributed by atoms with Crippen molar-refractivity contribution in [2.24, 2.45) is 5.73 Å². The van der Waals surface area contributed by atoms with E-state index in [-0.39, 0.29) is 22.7 Å². The van der Waals surface area contributed by atoms with E-state index in [2.05, 4.69) is 0 Å². The number of morpholine rings is 1. The first-order valence-corrected chi connectivity index (χ1v) is 6.59. The number of ether oxygens (including phenoxy) is 1. The molecule has 1 aliphatic heterocycles. The van der Waals surface area contributed by atoms with Gasteiger partial charge in [0.2, 0.25) is 0 Å². The third-order valence-electron chi connectivity index (χ3n) is 3.21. The van der Waals surface area contributed by atoms with Gasteiger partial charge in [-0.3, -0.25) is 4.79 Å². The minimum Gasteiger partial charge on any atom is -0.373 e. The molecule has 1 saturated heterocycles. The van der Waals surface area contributed by atoms with Crippen molar-refractivity contribution in [1.29, 1.82) is 0 Å². The predicted octanol–water partition coefficient (Wildman–Crippen LogP) is 1.81. The van der Waals surface area contributed by atoms with Gasteiger partial charge in [0.05, 0.1) is 23.3 Å². The van der Waals surface area contributed by atoms with Crippen LogP contribution in [0.25, 0.3) is 0 Å². The molecule has 1 aliphatic rings. The smallest absolute Gasteiger partial charge is 0.255 e. The van der Waals surface area contributed by atoms with Crippen molar-refractivity contribution in [2.45, 2.75) is 19.1 Å². The van der Waals surface area contributed by atoms with Crippen LogP contribution in [0.2, 0.25) is 5.02 Å². The normalized spacial score (nSPS) is 20.9. The van der Waals surface area contributed by atoms with Gasteiger partial charge in [0.1, 0.15) is 0 Å². The second-order valence-corrected chi connectivity index (χ2v) is 5.17. The third-order valence-corrected chi connectivity index (χ3v) is 3.52. The Morgan fingerprint density at radius 1 is 1.50 bits per heavy atom. The molecular formula is C13H15ClF2N2O2. The van der Waals surface area contributed by atoms with E-state index in [1.54, 1.807) is 6.92 Å². The van der Waals surface area contributed by atoms with E-state index >= 15 is 0 Å². The monoisotopic (exact) mass is 304 g/mol. The molecule has 2 atom stereocenters. The Balaban J connectivity index is 2.21. The average Bonchev–Trinajstić information content (AvgIpc) is 2.42. The Labute approximate surface area is 120 Å². The van der Waals surface area contributed by atoms with E-state index in [9.17, 15) is 13.6 Å². The molecule has 1 amide bonds. The fourth-order valence-corrected chi connectivity index (χ4v) is 2.27. The number of carbonyl (C=O) groups excluding carboxylic acids is 1. The van der Waals surface area contributed by atoms with Gasteiger partial charge in [-0.15, -0.1) is 0 Å². The minimum atomic E-state index is -1.10. The van der Waals surface area contributed by atoms with E-state index < -0.39 is 17.5 Å². The zero-order chi connectivity index (χ0) is 14.9. The van der Waals surface area contributed by atoms with E-state index in [0.717, 1.165) is 12.1 Å². The molecule has 1 aromatic carbocycles. The topological polar surface area (TPSA) is 55.6 Å². The highest BCUT2D eigenvalue weighted by molar-refractivity contribution is 6.33. The van der Waals surface area contributed by atoms with Crippen molar-refractivity contribution in [2.75, 3.05) is 19.7 Å². The Kier molecular flexibility index (Phi) is 4.57. The molecule has 0 radical (unpaired) electrons. The average molecular weight is 305 g/mol. The maximum Gasteiger partial charge on any atom is 0.255 e. The summed E-state index contributed by atoms with van der Waals surface area (Å²) in [4.78, 5) is 13.8. The second-order valence-electron chi connectivity index (χ2n) is 4.77. The van der Waals surface area contributed by atoms with Crippen molar-refractivity contribution < 1.29 is 18.3 Å². The summed E-state index contributed by atoms with van der Waals surface area (Å²) in [6.45, 7) is 2.78.